The van der Waals surface area contributed by atoms with Gasteiger partial charge in [0.05, 0.1) is 7.11 Å². The smallest absolute Gasteiger partial charge is 0.324 e. The summed E-state index contributed by atoms with van der Waals surface area (Å²) in [4.78, 5) is 9.11. The van der Waals surface area contributed by atoms with Crippen LogP contribution in [-0.2, 0) is 6.54 Å². The van der Waals surface area contributed by atoms with E-state index in [0.29, 0.717) is 18.6 Å². The fourth-order valence-electron chi connectivity index (χ4n) is 3.62. The van der Waals surface area contributed by atoms with Crippen molar-refractivity contribution in [2.24, 2.45) is 0 Å². The number of rotatable bonds is 5. The molecule has 0 amide bonds. The molecule has 0 spiro atoms. The van der Waals surface area contributed by atoms with Gasteiger partial charge < -0.3 is 23.6 Å². The first kappa shape index (κ1) is 17.8. The number of anilines is 1. The molecule has 150 valence electrons. The van der Waals surface area contributed by atoms with Crippen LogP contribution in [0, 0.1) is 0 Å². The highest BCUT2D eigenvalue weighted by atomic mass is 16.7. The van der Waals surface area contributed by atoms with Gasteiger partial charge in [-0.05, 0) is 29.8 Å². The Balaban J connectivity index is 1.20. The summed E-state index contributed by atoms with van der Waals surface area (Å²) in [5.41, 5.74) is 2.10. The van der Waals surface area contributed by atoms with Crippen LogP contribution in [0.15, 0.2) is 47.0 Å². The van der Waals surface area contributed by atoms with Crippen LogP contribution in [0.1, 0.15) is 5.56 Å². The van der Waals surface area contributed by atoms with Crippen LogP contribution in [0.4, 0.5) is 6.01 Å². The predicted molar refractivity (Wildman–Crippen MR) is 106 cm³/mol. The minimum atomic E-state index is 0.305. The van der Waals surface area contributed by atoms with Crippen LogP contribution in [0.5, 0.6) is 17.2 Å². The average Bonchev–Trinajstić information content (AvgIpc) is 3.44. The topological polar surface area (TPSA) is 73.1 Å². The van der Waals surface area contributed by atoms with Gasteiger partial charge in [-0.2, -0.15) is 4.98 Å². The maximum Gasteiger partial charge on any atom is 0.324 e. The SMILES string of the molecule is COc1cccc(-c2noc(N3CCN(Cc4ccc5c(c4)OCO5)CC3)n2)c1. The fourth-order valence-corrected chi connectivity index (χ4v) is 3.62. The molecule has 5 rings (SSSR count). The van der Waals surface area contributed by atoms with Crippen LogP contribution >= 0.6 is 0 Å². The molecule has 3 heterocycles. The van der Waals surface area contributed by atoms with Gasteiger partial charge >= 0.3 is 6.01 Å². The standard InChI is InChI=1S/C21H22N4O4/c1-26-17-4-2-3-16(12-17)20-22-21(29-23-20)25-9-7-24(8-10-25)13-15-5-6-18-19(11-15)28-14-27-18/h2-6,11-12H,7-10,13-14H2,1H3. The van der Waals surface area contributed by atoms with E-state index in [0.717, 1.165) is 55.5 Å². The van der Waals surface area contributed by atoms with E-state index in [2.05, 4.69) is 32.1 Å². The molecule has 2 aliphatic heterocycles. The zero-order valence-electron chi connectivity index (χ0n) is 16.2. The first-order valence-corrected chi connectivity index (χ1v) is 9.62. The molecule has 0 aliphatic carbocycles. The van der Waals surface area contributed by atoms with E-state index in [9.17, 15) is 0 Å². The summed E-state index contributed by atoms with van der Waals surface area (Å²) in [6, 6.07) is 14.4. The van der Waals surface area contributed by atoms with E-state index in [-0.39, 0.29) is 0 Å². The summed E-state index contributed by atoms with van der Waals surface area (Å²) < 4.78 is 21.6. The summed E-state index contributed by atoms with van der Waals surface area (Å²) in [6.45, 7) is 4.70. The van der Waals surface area contributed by atoms with Gasteiger partial charge in [-0.25, -0.2) is 0 Å². The molecule has 1 saturated heterocycles. The first-order valence-electron chi connectivity index (χ1n) is 9.62. The molecular weight excluding hydrogens is 372 g/mol. The van der Waals surface area contributed by atoms with Gasteiger partial charge in [0.15, 0.2) is 11.5 Å². The third kappa shape index (κ3) is 3.71. The molecule has 2 aliphatic rings. The molecule has 8 heteroatoms. The second-order valence-electron chi connectivity index (χ2n) is 7.08. The molecule has 0 radical (unpaired) electrons. The van der Waals surface area contributed by atoms with Gasteiger partial charge in [-0.15, -0.1) is 0 Å². The maximum absolute atomic E-state index is 5.51. The number of nitrogens with zero attached hydrogens (tertiary/aromatic N) is 4. The van der Waals surface area contributed by atoms with Crippen molar-refractivity contribution in [3.63, 3.8) is 0 Å². The molecule has 2 aromatic carbocycles. The van der Waals surface area contributed by atoms with E-state index < -0.39 is 0 Å². The molecule has 0 unspecified atom stereocenters. The molecule has 0 bridgehead atoms. The predicted octanol–water partition coefficient (Wildman–Crippen LogP) is 2.80. The lowest BCUT2D eigenvalue weighted by Gasteiger charge is -2.33. The molecule has 0 N–H and O–H groups in total. The number of aromatic nitrogens is 2. The highest BCUT2D eigenvalue weighted by Crippen LogP contribution is 2.33. The fraction of sp³-hybridized carbons (Fsp3) is 0.333. The molecule has 0 saturated carbocycles. The zero-order chi connectivity index (χ0) is 19.6. The van der Waals surface area contributed by atoms with Crippen LogP contribution < -0.4 is 19.1 Å². The highest BCUT2D eigenvalue weighted by Gasteiger charge is 2.23. The van der Waals surface area contributed by atoms with Crippen LogP contribution in [0.3, 0.4) is 0 Å². The third-order valence-corrected chi connectivity index (χ3v) is 5.23. The van der Waals surface area contributed by atoms with Gasteiger partial charge in [-0.1, -0.05) is 23.4 Å². The molecule has 1 fully saturated rings. The van der Waals surface area contributed by atoms with Gasteiger partial charge in [-0.3, -0.25) is 4.90 Å². The number of methoxy groups -OCH3 is 1. The van der Waals surface area contributed by atoms with E-state index in [1.165, 1.54) is 5.56 Å². The van der Waals surface area contributed by atoms with Crippen molar-refractivity contribution in [1.82, 2.24) is 15.0 Å². The number of hydrogen-bond acceptors (Lipinski definition) is 8. The van der Waals surface area contributed by atoms with Gasteiger partial charge in [0.1, 0.15) is 5.75 Å². The molecule has 1 aromatic heterocycles. The summed E-state index contributed by atoms with van der Waals surface area (Å²) in [7, 11) is 1.64. The Labute approximate surface area is 168 Å². The Morgan fingerprint density at radius 1 is 1.00 bits per heavy atom. The highest BCUT2D eigenvalue weighted by molar-refractivity contribution is 5.58. The normalized spacial score (nSPS) is 16.2. The average molecular weight is 394 g/mol. The summed E-state index contributed by atoms with van der Waals surface area (Å²) >= 11 is 0. The van der Waals surface area contributed by atoms with Crippen molar-refractivity contribution in [2.75, 3.05) is 45.0 Å². The first-order chi connectivity index (χ1) is 14.3. The number of piperazine rings is 1. The lowest BCUT2D eigenvalue weighted by Crippen LogP contribution is -2.46. The molecule has 8 nitrogen and oxygen atoms in total. The zero-order valence-corrected chi connectivity index (χ0v) is 16.2. The van der Waals surface area contributed by atoms with Crippen molar-refractivity contribution < 1.29 is 18.7 Å². The summed E-state index contributed by atoms with van der Waals surface area (Å²) in [5.74, 6) is 2.99. The maximum atomic E-state index is 5.51. The number of hydrogen-bond donors (Lipinski definition) is 0. The van der Waals surface area contributed by atoms with Gasteiger partial charge in [0.2, 0.25) is 12.6 Å². The minimum absolute atomic E-state index is 0.305. The Hall–Kier alpha value is -3.26. The van der Waals surface area contributed by atoms with Gasteiger partial charge in [0, 0.05) is 38.3 Å². The molecular formula is C21H22N4O4. The Morgan fingerprint density at radius 2 is 1.86 bits per heavy atom. The van der Waals surface area contributed by atoms with E-state index >= 15 is 0 Å². The van der Waals surface area contributed by atoms with Crippen molar-refractivity contribution in [3.05, 3.63) is 48.0 Å². The lowest BCUT2D eigenvalue weighted by atomic mass is 10.1. The van der Waals surface area contributed by atoms with Crippen LogP contribution in [0.2, 0.25) is 0 Å². The Bertz CT molecular complexity index is 998. The van der Waals surface area contributed by atoms with E-state index in [1.54, 1.807) is 7.11 Å². The van der Waals surface area contributed by atoms with E-state index in [4.69, 9.17) is 18.7 Å². The van der Waals surface area contributed by atoms with E-state index in [1.807, 2.05) is 30.3 Å². The van der Waals surface area contributed by atoms with Gasteiger partial charge in [0.25, 0.3) is 0 Å². The van der Waals surface area contributed by atoms with Crippen molar-refractivity contribution in [1.29, 1.82) is 0 Å². The Kier molecular flexibility index (Phi) is 4.69. The van der Waals surface area contributed by atoms with Crippen molar-refractivity contribution >= 4 is 6.01 Å². The quantitative estimate of drug-likeness (QED) is 0.654. The second-order valence-corrected chi connectivity index (χ2v) is 7.08. The molecule has 0 atom stereocenters. The minimum Gasteiger partial charge on any atom is -0.497 e. The number of ether oxygens (including phenoxy) is 3. The van der Waals surface area contributed by atoms with Crippen molar-refractivity contribution in [2.45, 2.75) is 6.54 Å². The number of fused-ring (bicyclic) bond motifs is 1. The third-order valence-electron chi connectivity index (χ3n) is 5.23. The largest absolute Gasteiger partial charge is 0.497 e. The van der Waals surface area contributed by atoms with Crippen LogP contribution in [0.25, 0.3) is 11.4 Å². The van der Waals surface area contributed by atoms with Crippen LogP contribution in [-0.4, -0.2) is 55.1 Å². The molecule has 3 aromatic rings. The summed E-state index contributed by atoms with van der Waals surface area (Å²) in [6.07, 6.45) is 0. The summed E-state index contributed by atoms with van der Waals surface area (Å²) in [5, 5.41) is 4.13. The lowest BCUT2D eigenvalue weighted by molar-refractivity contribution is 0.174. The molecule has 29 heavy (non-hydrogen) atoms. The number of benzene rings is 2. The monoisotopic (exact) mass is 394 g/mol. The Morgan fingerprint density at radius 3 is 2.72 bits per heavy atom. The van der Waals surface area contributed by atoms with Crippen molar-refractivity contribution in [3.8, 4) is 28.6 Å². The second kappa shape index (κ2) is 7.63.